The Morgan fingerprint density at radius 3 is 2.65 bits per heavy atom. The van der Waals surface area contributed by atoms with Crippen molar-refractivity contribution in [3.05, 3.63) is 28.8 Å². The van der Waals surface area contributed by atoms with E-state index in [1.54, 1.807) is 0 Å². The molecule has 0 saturated carbocycles. The highest BCUT2D eigenvalue weighted by molar-refractivity contribution is 6.33. The number of ether oxygens (including phenoxy) is 1. The third-order valence-corrected chi connectivity index (χ3v) is 4.32. The fourth-order valence-electron chi connectivity index (χ4n) is 2.90. The first-order valence-electron chi connectivity index (χ1n) is 6.39. The Morgan fingerprint density at radius 1 is 1.29 bits per heavy atom. The van der Waals surface area contributed by atoms with Crippen LogP contribution in [0.15, 0.2) is 18.2 Å². The summed E-state index contributed by atoms with van der Waals surface area (Å²) in [5.41, 5.74) is 2.57. The van der Waals surface area contributed by atoms with Gasteiger partial charge in [-0.3, -0.25) is 0 Å². The van der Waals surface area contributed by atoms with Gasteiger partial charge in [-0.15, -0.1) is 0 Å². The number of hydrogen-bond donors (Lipinski definition) is 0. The molecule has 0 spiro atoms. The summed E-state index contributed by atoms with van der Waals surface area (Å²) in [4.78, 5) is 2.43. The second-order valence-electron chi connectivity index (χ2n) is 5.10. The van der Waals surface area contributed by atoms with Crippen molar-refractivity contribution in [2.24, 2.45) is 11.8 Å². The molecule has 2 heterocycles. The van der Waals surface area contributed by atoms with Gasteiger partial charge in [-0.2, -0.15) is 0 Å². The second kappa shape index (κ2) is 4.51. The standard InChI is InChI=1S/C14H18ClNO/c1-2-10-3-4-13(15)14(5-10)16-6-11-8-17-9-12(11)7-16/h3-5,11-12H,2,6-9H2,1H3. The predicted molar refractivity (Wildman–Crippen MR) is 70.8 cm³/mol. The van der Waals surface area contributed by atoms with Gasteiger partial charge in [0.15, 0.2) is 0 Å². The van der Waals surface area contributed by atoms with Crippen LogP contribution in [0, 0.1) is 11.8 Å². The van der Waals surface area contributed by atoms with Gasteiger partial charge in [-0.05, 0) is 24.1 Å². The molecular formula is C14H18ClNO. The highest BCUT2D eigenvalue weighted by Gasteiger charge is 2.37. The van der Waals surface area contributed by atoms with Crippen LogP contribution < -0.4 is 4.90 Å². The predicted octanol–water partition coefficient (Wildman–Crippen LogP) is 2.99. The Kier molecular flexibility index (Phi) is 3.01. The average Bonchev–Trinajstić information content (AvgIpc) is 2.90. The van der Waals surface area contributed by atoms with Crippen molar-refractivity contribution in [2.75, 3.05) is 31.2 Å². The normalized spacial score (nSPS) is 27.5. The Labute approximate surface area is 108 Å². The largest absolute Gasteiger partial charge is 0.381 e. The molecule has 0 aromatic heterocycles. The summed E-state index contributed by atoms with van der Waals surface area (Å²) in [5.74, 6) is 1.41. The van der Waals surface area contributed by atoms with Crippen molar-refractivity contribution in [1.82, 2.24) is 0 Å². The van der Waals surface area contributed by atoms with Gasteiger partial charge in [0.2, 0.25) is 0 Å². The van der Waals surface area contributed by atoms with Crippen molar-refractivity contribution in [1.29, 1.82) is 0 Å². The van der Waals surface area contributed by atoms with Gasteiger partial charge in [0.1, 0.15) is 0 Å². The van der Waals surface area contributed by atoms with Crippen LogP contribution in [0.25, 0.3) is 0 Å². The monoisotopic (exact) mass is 251 g/mol. The van der Waals surface area contributed by atoms with Gasteiger partial charge in [0, 0.05) is 24.9 Å². The van der Waals surface area contributed by atoms with E-state index in [4.69, 9.17) is 16.3 Å². The number of aryl methyl sites for hydroxylation is 1. The lowest BCUT2D eigenvalue weighted by Crippen LogP contribution is -2.22. The molecule has 2 saturated heterocycles. The lowest BCUT2D eigenvalue weighted by molar-refractivity contribution is 0.177. The number of nitrogens with zero attached hydrogens (tertiary/aromatic N) is 1. The zero-order valence-electron chi connectivity index (χ0n) is 10.2. The lowest BCUT2D eigenvalue weighted by Gasteiger charge is -2.21. The summed E-state index contributed by atoms with van der Waals surface area (Å²) >= 11 is 6.32. The molecule has 2 unspecified atom stereocenters. The van der Waals surface area contributed by atoms with Crippen LogP contribution in [0.4, 0.5) is 5.69 Å². The second-order valence-corrected chi connectivity index (χ2v) is 5.51. The van der Waals surface area contributed by atoms with Crippen LogP contribution in [0.3, 0.4) is 0 Å². The molecule has 92 valence electrons. The molecular weight excluding hydrogens is 234 g/mol. The first-order chi connectivity index (χ1) is 8.28. The number of halogens is 1. The summed E-state index contributed by atoms with van der Waals surface area (Å²) in [5, 5.41) is 0.878. The van der Waals surface area contributed by atoms with E-state index >= 15 is 0 Å². The molecule has 2 nitrogen and oxygen atoms in total. The molecule has 17 heavy (non-hydrogen) atoms. The fourth-order valence-corrected chi connectivity index (χ4v) is 3.14. The molecule has 0 N–H and O–H groups in total. The fraction of sp³-hybridized carbons (Fsp3) is 0.571. The van der Waals surface area contributed by atoms with Crippen molar-refractivity contribution < 1.29 is 4.74 Å². The van der Waals surface area contributed by atoms with E-state index in [0.29, 0.717) is 11.8 Å². The minimum absolute atomic E-state index is 0.705. The lowest BCUT2D eigenvalue weighted by atomic mass is 10.0. The Bertz CT molecular complexity index is 409. The van der Waals surface area contributed by atoms with E-state index in [0.717, 1.165) is 37.7 Å². The number of fused-ring (bicyclic) bond motifs is 1. The number of anilines is 1. The van der Waals surface area contributed by atoms with Crippen molar-refractivity contribution in [2.45, 2.75) is 13.3 Å². The van der Waals surface area contributed by atoms with Crippen LogP contribution in [-0.2, 0) is 11.2 Å². The van der Waals surface area contributed by atoms with Gasteiger partial charge in [0.05, 0.1) is 23.9 Å². The van der Waals surface area contributed by atoms with E-state index in [1.807, 2.05) is 6.07 Å². The zero-order valence-corrected chi connectivity index (χ0v) is 10.9. The van der Waals surface area contributed by atoms with Crippen LogP contribution in [0.1, 0.15) is 12.5 Å². The molecule has 3 heteroatoms. The molecule has 3 rings (SSSR count). The van der Waals surface area contributed by atoms with Crippen molar-refractivity contribution >= 4 is 17.3 Å². The number of benzene rings is 1. The summed E-state index contributed by atoms with van der Waals surface area (Å²) < 4.78 is 5.51. The molecule has 1 aromatic carbocycles. The topological polar surface area (TPSA) is 12.5 Å². The molecule has 0 bridgehead atoms. The average molecular weight is 252 g/mol. The Balaban J connectivity index is 1.84. The number of hydrogen-bond acceptors (Lipinski definition) is 2. The third kappa shape index (κ3) is 2.04. The first kappa shape index (κ1) is 11.4. The molecule has 2 atom stereocenters. The summed E-state index contributed by atoms with van der Waals surface area (Å²) in [7, 11) is 0. The molecule has 0 amide bonds. The number of rotatable bonds is 2. The SMILES string of the molecule is CCc1ccc(Cl)c(N2CC3COCC3C2)c1. The quantitative estimate of drug-likeness (QED) is 0.801. The zero-order chi connectivity index (χ0) is 11.8. The van der Waals surface area contributed by atoms with Crippen LogP contribution in [0.5, 0.6) is 0 Å². The Hall–Kier alpha value is -0.730. The maximum absolute atomic E-state index is 6.32. The summed E-state index contributed by atoms with van der Waals surface area (Å²) in [6.45, 7) is 6.22. The maximum Gasteiger partial charge on any atom is 0.0639 e. The molecule has 0 radical (unpaired) electrons. The summed E-state index contributed by atoms with van der Waals surface area (Å²) in [6, 6.07) is 6.39. The van der Waals surface area contributed by atoms with E-state index in [-0.39, 0.29) is 0 Å². The van der Waals surface area contributed by atoms with Gasteiger partial charge in [-0.25, -0.2) is 0 Å². The van der Waals surface area contributed by atoms with E-state index in [2.05, 4.69) is 24.0 Å². The molecule has 0 aliphatic carbocycles. The van der Waals surface area contributed by atoms with Crippen LogP contribution >= 0.6 is 11.6 Å². The van der Waals surface area contributed by atoms with Gasteiger partial charge in [0.25, 0.3) is 0 Å². The van der Waals surface area contributed by atoms with Gasteiger partial charge in [-0.1, -0.05) is 24.6 Å². The Morgan fingerprint density at radius 2 is 2.00 bits per heavy atom. The first-order valence-corrected chi connectivity index (χ1v) is 6.77. The van der Waals surface area contributed by atoms with Gasteiger partial charge < -0.3 is 9.64 Å². The van der Waals surface area contributed by atoms with Crippen LogP contribution in [0.2, 0.25) is 5.02 Å². The smallest absolute Gasteiger partial charge is 0.0639 e. The highest BCUT2D eigenvalue weighted by atomic mass is 35.5. The maximum atomic E-state index is 6.32. The van der Waals surface area contributed by atoms with E-state index in [1.165, 1.54) is 11.3 Å². The molecule has 2 aliphatic rings. The van der Waals surface area contributed by atoms with E-state index < -0.39 is 0 Å². The van der Waals surface area contributed by atoms with E-state index in [9.17, 15) is 0 Å². The minimum Gasteiger partial charge on any atom is -0.381 e. The molecule has 2 aliphatic heterocycles. The van der Waals surface area contributed by atoms with Crippen molar-refractivity contribution in [3.63, 3.8) is 0 Å². The van der Waals surface area contributed by atoms with Crippen LogP contribution in [-0.4, -0.2) is 26.3 Å². The summed E-state index contributed by atoms with van der Waals surface area (Å²) in [6.07, 6.45) is 1.06. The van der Waals surface area contributed by atoms with Crippen molar-refractivity contribution in [3.8, 4) is 0 Å². The van der Waals surface area contributed by atoms with Gasteiger partial charge >= 0.3 is 0 Å². The highest BCUT2D eigenvalue weighted by Crippen LogP contribution is 2.36. The minimum atomic E-state index is 0.705. The molecule has 2 fully saturated rings. The molecule has 1 aromatic rings. The third-order valence-electron chi connectivity index (χ3n) is 4.00.